The number of nitrogens with one attached hydrogen (secondary N) is 2. The highest BCUT2D eigenvalue weighted by atomic mass is 16.5. The molecule has 0 heterocycles. The molecule has 0 aliphatic rings. The number of hydrogen-bond donors (Lipinski definition) is 2. The van der Waals surface area contributed by atoms with Crippen molar-refractivity contribution in [2.75, 3.05) is 25.0 Å². The van der Waals surface area contributed by atoms with Gasteiger partial charge in [0.2, 0.25) is 0 Å². The topological polar surface area (TPSA) is 50.4 Å². The van der Waals surface area contributed by atoms with E-state index >= 15 is 0 Å². The van der Waals surface area contributed by atoms with Gasteiger partial charge in [0.25, 0.3) is 5.91 Å². The number of para-hydroxylation sites is 1. The van der Waals surface area contributed by atoms with Crippen molar-refractivity contribution in [3.8, 4) is 0 Å². The minimum atomic E-state index is -0.0219. The molecule has 0 aromatic heterocycles. The predicted molar refractivity (Wildman–Crippen MR) is 83.3 cm³/mol. The maximum atomic E-state index is 12.1. The summed E-state index contributed by atoms with van der Waals surface area (Å²) >= 11 is 0. The van der Waals surface area contributed by atoms with Crippen LogP contribution in [0.15, 0.2) is 24.3 Å². The van der Waals surface area contributed by atoms with Crippen LogP contribution in [0.4, 0.5) is 5.69 Å². The van der Waals surface area contributed by atoms with Crippen molar-refractivity contribution in [3.63, 3.8) is 0 Å². The van der Waals surface area contributed by atoms with Crippen LogP contribution < -0.4 is 10.6 Å². The van der Waals surface area contributed by atoms with Gasteiger partial charge in [-0.15, -0.1) is 0 Å². The molecule has 0 fully saturated rings. The van der Waals surface area contributed by atoms with E-state index in [1.807, 2.05) is 45.0 Å². The summed E-state index contributed by atoms with van der Waals surface area (Å²) in [5.74, 6) is -0.0219. The van der Waals surface area contributed by atoms with Crippen molar-refractivity contribution in [1.29, 1.82) is 0 Å². The van der Waals surface area contributed by atoms with Gasteiger partial charge in [-0.1, -0.05) is 12.1 Å². The lowest BCUT2D eigenvalue weighted by Gasteiger charge is -2.11. The van der Waals surface area contributed by atoms with Crippen molar-refractivity contribution in [2.24, 2.45) is 0 Å². The Bertz CT molecular complexity index is 405. The summed E-state index contributed by atoms with van der Waals surface area (Å²) in [6, 6.07) is 7.58. The number of benzene rings is 1. The second kappa shape index (κ2) is 9.37. The molecule has 1 amide bonds. The molecule has 0 saturated heterocycles. The van der Waals surface area contributed by atoms with E-state index in [9.17, 15) is 4.79 Å². The quantitative estimate of drug-likeness (QED) is 0.683. The van der Waals surface area contributed by atoms with E-state index in [0.29, 0.717) is 12.1 Å². The first-order valence-electron chi connectivity index (χ1n) is 7.37. The predicted octanol–water partition coefficient (Wildman–Crippen LogP) is 3.05. The average molecular weight is 278 g/mol. The molecule has 112 valence electrons. The van der Waals surface area contributed by atoms with Gasteiger partial charge < -0.3 is 15.4 Å². The Morgan fingerprint density at radius 3 is 2.70 bits per heavy atom. The highest BCUT2D eigenvalue weighted by Crippen LogP contribution is 2.14. The summed E-state index contributed by atoms with van der Waals surface area (Å²) in [5.41, 5.74) is 1.59. The van der Waals surface area contributed by atoms with Gasteiger partial charge in [0.15, 0.2) is 0 Å². The molecule has 0 bridgehead atoms. The summed E-state index contributed by atoms with van der Waals surface area (Å²) in [5, 5.41) is 6.15. The molecule has 0 aliphatic carbocycles. The second-order valence-electron chi connectivity index (χ2n) is 4.96. The fourth-order valence-corrected chi connectivity index (χ4v) is 1.87. The van der Waals surface area contributed by atoms with Gasteiger partial charge in [-0.05, 0) is 45.7 Å². The average Bonchev–Trinajstić information content (AvgIpc) is 2.43. The molecule has 4 nitrogen and oxygen atoms in total. The smallest absolute Gasteiger partial charge is 0.253 e. The van der Waals surface area contributed by atoms with Crippen LogP contribution in [0, 0.1) is 0 Å². The van der Waals surface area contributed by atoms with Crippen molar-refractivity contribution >= 4 is 11.6 Å². The summed E-state index contributed by atoms with van der Waals surface area (Å²) in [6.07, 6.45) is 2.17. The molecular formula is C16H26N2O2. The first kappa shape index (κ1) is 16.5. The zero-order valence-corrected chi connectivity index (χ0v) is 12.7. The maximum absolute atomic E-state index is 12.1. The third kappa shape index (κ3) is 6.06. The van der Waals surface area contributed by atoms with Crippen molar-refractivity contribution in [3.05, 3.63) is 29.8 Å². The van der Waals surface area contributed by atoms with Gasteiger partial charge in [-0.3, -0.25) is 4.79 Å². The molecule has 0 spiro atoms. The van der Waals surface area contributed by atoms with E-state index in [-0.39, 0.29) is 12.0 Å². The zero-order valence-electron chi connectivity index (χ0n) is 12.7. The van der Waals surface area contributed by atoms with E-state index in [1.165, 1.54) is 0 Å². The third-order valence-electron chi connectivity index (χ3n) is 2.85. The maximum Gasteiger partial charge on any atom is 0.253 e. The normalized spacial score (nSPS) is 10.6. The Morgan fingerprint density at radius 2 is 2.00 bits per heavy atom. The number of hydrogen-bond acceptors (Lipinski definition) is 3. The lowest BCUT2D eigenvalue weighted by molar-refractivity contribution is 0.0754. The lowest BCUT2D eigenvalue weighted by atomic mass is 10.1. The Labute approximate surface area is 121 Å². The van der Waals surface area contributed by atoms with Crippen LogP contribution in [0.25, 0.3) is 0 Å². The highest BCUT2D eigenvalue weighted by molar-refractivity contribution is 5.99. The molecule has 1 aromatic carbocycles. The number of carbonyl (C=O) groups excluding carboxylic acids is 1. The molecule has 0 saturated carbocycles. The lowest BCUT2D eigenvalue weighted by Crippen LogP contribution is -2.25. The van der Waals surface area contributed by atoms with Crippen molar-refractivity contribution < 1.29 is 9.53 Å². The zero-order chi connectivity index (χ0) is 14.8. The standard InChI is InChI=1S/C16H26N2O2/c1-4-17-15-10-6-5-9-14(15)16(19)18-11-7-8-12-20-13(2)3/h5-6,9-10,13,17H,4,7-8,11-12H2,1-3H3,(H,18,19). The summed E-state index contributed by atoms with van der Waals surface area (Å²) in [7, 11) is 0. The van der Waals surface area contributed by atoms with E-state index in [0.717, 1.165) is 31.7 Å². The Kier molecular flexibility index (Phi) is 7.73. The molecule has 4 heteroatoms. The molecule has 0 radical (unpaired) electrons. The third-order valence-corrected chi connectivity index (χ3v) is 2.85. The molecule has 0 atom stereocenters. The Balaban J connectivity index is 2.32. The molecule has 0 aliphatic heterocycles. The van der Waals surface area contributed by atoms with E-state index < -0.39 is 0 Å². The molecule has 1 rings (SSSR count). The van der Waals surface area contributed by atoms with Gasteiger partial charge in [-0.2, -0.15) is 0 Å². The van der Waals surface area contributed by atoms with Crippen LogP contribution in [-0.4, -0.2) is 31.7 Å². The van der Waals surface area contributed by atoms with Crippen molar-refractivity contribution in [2.45, 2.75) is 39.7 Å². The summed E-state index contributed by atoms with van der Waals surface area (Å²) in [4.78, 5) is 12.1. The number of ether oxygens (including phenoxy) is 1. The van der Waals surface area contributed by atoms with Crippen LogP contribution in [-0.2, 0) is 4.74 Å². The molecule has 1 aromatic rings. The van der Waals surface area contributed by atoms with Crippen LogP contribution in [0.2, 0.25) is 0 Å². The van der Waals surface area contributed by atoms with E-state index in [1.54, 1.807) is 0 Å². The number of anilines is 1. The number of rotatable bonds is 9. The van der Waals surface area contributed by atoms with Gasteiger partial charge >= 0.3 is 0 Å². The van der Waals surface area contributed by atoms with Gasteiger partial charge in [0, 0.05) is 25.4 Å². The monoisotopic (exact) mass is 278 g/mol. The van der Waals surface area contributed by atoms with Gasteiger partial charge in [0.1, 0.15) is 0 Å². The largest absolute Gasteiger partial charge is 0.385 e. The minimum Gasteiger partial charge on any atom is -0.385 e. The van der Waals surface area contributed by atoms with Crippen LogP contribution in [0.1, 0.15) is 44.0 Å². The fourth-order valence-electron chi connectivity index (χ4n) is 1.87. The number of unbranched alkanes of at least 4 members (excludes halogenated alkanes) is 1. The van der Waals surface area contributed by atoms with Crippen LogP contribution >= 0.6 is 0 Å². The van der Waals surface area contributed by atoms with E-state index in [2.05, 4.69) is 10.6 Å². The van der Waals surface area contributed by atoms with E-state index in [4.69, 9.17) is 4.74 Å². The first-order chi connectivity index (χ1) is 9.65. The Morgan fingerprint density at radius 1 is 1.25 bits per heavy atom. The number of amides is 1. The van der Waals surface area contributed by atoms with Gasteiger partial charge in [0.05, 0.1) is 11.7 Å². The highest BCUT2D eigenvalue weighted by Gasteiger charge is 2.09. The SMILES string of the molecule is CCNc1ccccc1C(=O)NCCCCOC(C)C. The minimum absolute atomic E-state index is 0.0219. The second-order valence-corrected chi connectivity index (χ2v) is 4.96. The number of carbonyl (C=O) groups is 1. The van der Waals surface area contributed by atoms with Crippen molar-refractivity contribution in [1.82, 2.24) is 5.32 Å². The fraction of sp³-hybridized carbons (Fsp3) is 0.562. The molecule has 20 heavy (non-hydrogen) atoms. The first-order valence-corrected chi connectivity index (χ1v) is 7.37. The Hall–Kier alpha value is -1.55. The molecule has 2 N–H and O–H groups in total. The van der Waals surface area contributed by atoms with Crippen LogP contribution in [0.5, 0.6) is 0 Å². The molecular weight excluding hydrogens is 252 g/mol. The summed E-state index contributed by atoms with van der Waals surface area (Å²) in [6.45, 7) is 8.31. The summed E-state index contributed by atoms with van der Waals surface area (Å²) < 4.78 is 5.46. The van der Waals surface area contributed by atoms with Crippen LogP contribution in [0.3, 0.4) is 0 Å². The molecule has 0 unspecified atom stereocenters. The van der Waals surface area contributed by atoms with Gasteiger partial charge in [-0.25, -0.2) is 0 Å².